The second-order valence-corrected chi connectivity index (χ2v) is 7.11. The van der Waals surface area contributed by atoms with Crippen LogP contribution in [-0.2, 0) is 14.8 Å². The molecule has 0 saturated carbocycles. The standard InChI is InChI=1S/C12H14ClFN2O3S/c1-20(18,19)16-5-4-8(7-16)12(17)15-9-2-3-10(13)11(14)6-9/h2-3,6,8H,4-5,7H2,1H3,(H,15,17). The smallest absolute Gasteiger partial charge is 0.228 e. The van der Waals surface area contributed by atoms with Gasteiger partial charge in [0.25, 0.3) is 0 Å². The Morgan fingerprint density at radius 3 is 2.75 bits per heavy atom. The number of amides is 1. The van der Waals surface area contributed by atoms with Crippen molar-refractivity contribution in [3.63, 3.8) is 0 Å². The van der Waals surface area contributed by atoms with E-state index in [9.17, 15) is 17.6 Å². The maximum absolute atomic E-state index is 13.3. The normalized spacial score (nSPS) is 20.1. The highest BCUT2D eigenvalue weighted by molar-refractivity contribution is 7.88. The first-order valence-electron chi connectivity index (χ1n) is 5.98. The van der Waals surface area contributed by atoms with Crippen LogP contribution in [0, 0.1) is 11.7 Å². The summed E-state index contributed by atoms with van der Waals surface area (Å²) < 4.78 is 37.3. The molecule has 1 heterocycles. The summed E-state index contributed by atoms with van der Waals surface area (Å²) in [4.78, 5) is 12.0. The molecule has 5 nitrogen and oxygen atoms in total. The van der Waals surface area contributed by atoms with Gasteiger partial charge in [-0.05, 0) is 24.6 Å². The fraction of sp³-hybridized carbons (Fsp3) is 0.417. The summed E-state index contributed by atoms with van der Waals surface area (Å²) >= 11 is 5.55. The predicted octanol–water partition coefficient (Wildman–Crippen LogP) is 1.70. The van der Waals surface area contributed by atoms with Crippen LogP contribution in [0.25, 0.3) is 0 Å². The number of hydrogen-bond donors (Lipinski definition) is 1. The van der Waals surface area contributed by atoms with E-state index in [0.717, 1.165) is 12.3 Å². The highest BCUT2D eigenvalue weighted by Crippen LogP contribution is 2.22. The molecule has 0 radical (unpaired) electrons. The van der Waals surface area contributed by atoms with Gasteiger partial charge in [0, 0.05) is 18.8 Å². The molecule has 0 aliphatic carbocycles. The molecule has 1 aromatic rings. The molecule has 8 heteroatoms. The van der Waals surface area contributed by atoms with E-state index in [-0.39, 0.29) is 17.5 Å². The summed E-state index contributed by atoms with van der Waals surface area (Å²) in [6.45, 7) is 0.479. The Morgan fingerprint density at radius 1 is 1.50 bits per heavy atom. The second-order valence-electron chi connectivity index (χ2n) is 4.72. The van der Waals surface area contributed by atoms with Crippen molar-refractivity contribution in [2.45, 2.75) is 6.42 Å². The molecule has 0 aromatic heterocycles. The molecule has 1 unspecified atom stereocenters. The molecule has 2 rings (SSSR count). The van der Waals surface area contributed by atoms with Gasteiger partial charge >= 0.3 is 0 Å². The first-order valence-corrected chi connectivity index (χ1v) is 8.21. The molecule has 1 saturated heterocycles. The second kappa shape index (κ2) is 5.67. The molecule has 110 valence electrons. The van der Waals surface area contributed by atoms with E-state index in [0.29, 0.717) is 18.7 Å². The number of anilines is 1. The predicted molar refractivity (Wildman–Crippen MR) is 74.6 cm³/mol. The molecule has 1 fully saturated rings. The summed E-state index contributed by atoms with van der Waals surface area (Å²) in [5, 5.41) is 2.54. The lowest BCUT2D eigenvalue weighted by Crippen LogP contribution is -2.30. The van der Waals surface area contributed by atoms with Gasteiger partial charge in [-0.15, -0.1) is 0 Å². The molecule has 1 N–H and O–H groups in total. The molecular weight excluding hydrogens is 307 g/mol. The Morgan fingerprint density at radius 2 is 2.20 bits per heavy atom. The van der Waals surface area contributed by atoms with Crippen LogP contribution in [0.5, 0.6) is 0 Å². The van der Waals surface area contributed by atoms with Crippen molar-refractivity contribution in [2.24, 2.45) is 5.92 Å². The Balaban J connectivity index is 2.01. The van der Waals surface area contributed by atoms with Gasteiger partial charge in [-0.25, -0.2) is 17.1 Å². The molecule has 1 amide bonds. The maximum Gasteiger partial charge on any atom is 0.228 e. The molecule has 1 aliphatic rings. The zero-order valence-electron chi connectivity index (χ0n) is 10.8. The van der Waals surface area contributed by atoms with Crippen LogP contribution >= 0.6 is 11.6 Å². The first-order chi connectivity index (χ1) is 9.27. The number of rotatable bonds is 3. The van der Waals surface area contributed by atoms with Gasteiger partial charge in [0.15, 0.2) is 0 Å². The Hall–Kier alpha value is -1.18. The topological polar surface area (TPSA) is 66.5 Å². The van der Waals surface area contributed by atoms with Crippen molar-refractivity contribution in [3.8, 4) is 0 Å². The van der Waals surface area contributed by atoms with Gasteiger partial charge in [-0.2, -0.15) is 0 Å². The zero-order valence-corrected chi connectivity index (χ0v) is 12.3. The highest BCUT2D eigenvalue weighted by Gasteiger charge is 2.32. The van der Waals surface area contributed by atoms with Gasteiger partial charge in [-0.3, -0.25) is 4.79 Å². The lowest BCUT2D eigenvalue weighted by molar-refractivity contribution is -0.119. The van der Waals surface area contributed by atoms with Gasteiger partial charge in [0.1, 0.15) is 5.82 Å². The number of carbonyl (C=O) groups is 1. The molecule has 0 bridgehead atoms. The number of nitrogens with zero attached hydrogens (tertiary/aromatic N) is 1. The highest BCUT2D eigenvalue weighted by atomic mass is 35.5. The number of hydrogen-bond acceptors (Lipinski definition) is 3. The van der Waals surface area contributed by atoms with E-state index < -0.39 is 21.8 Å². The summed E-state index contributed by atoms with van der Waals surface area (Å²) in [5.74, 6) is -1.37. The Labute approximate surface area is 121 Å². The van der Waals surface area contributed by atoms with Gasteiger partial charge < -0.3 is 5.32 Å². The monoisotopic (exact) mass is 320 g/mol. The van der Waals surface area contributed by atoms with Crippen molar-refractivity contribution in [3.05, 3.63) is 29.0 Å². The van der Waals surface area contributed by atoms with E-state index in [1.807, 2.05) is 0 Å². The lowest BCUT2D eigenvalue weighted by Gasteiger charge is -2.13. The fourth-order valence-electron chi connectivity index (χ4n) is 2.06. The number of sulfonamides is 1. The summed E-state index contributed by atoms with van der Waals surface area (Å²) in [5.41, 5.74) is 0.301. The van der Waals surface area contributed by atoms with Crippen molar-refractivity contribution < 1.29 is 17.6 Å². The number of nitrogens with one attached hydrogen (secondary N) is 1. The third kappa shape index (κ3) is 3.47. The minimum Gasteiger partial charge on any atom is -0.326 e. The SMILES string of the molecule is CS(=O)(=O)N1CCC(C(=O)Nc2ccc(Cl)c(F)c2)C1. The number of benzene rings is 1. The van der Waals surface area contributed by atoms with Gasteiger partial charge in [-0.1, -0.05) is 11.6 Å². The number of carbonyl (C=O) groups excluding carboxylic acids is 1. The number of halogens is 2. The largest absolute Gasteiger partial charge is 0.326 e. The molecule has 1 aromatic carbocycles. The first kappa shape index (κ1) is 15.2. The van der Waals surface area contributed by atoms with Crippen molar-refractivity contribution >= 4 is 33.2 Å². The van der Waals surface area contributed by atoms with Crippen LogP contribution in [0.1, 0.15) is 6.42 Å². The molecule has 0 spiro atoms. The average Bonchev–Trinajstić information content (AvgIpc) is 2.83. The van der Waals surface area contributed by atoms with Gasteiger partial charge in [0.05, 0.1) is 17.2 Å². The minimum atomic E-state index is -3.28. The van der Waals surface area contributed by atoms with Crippen molar-refractivity contribution in [1.29, 1.82) is 0 Å². The fourth-order valence-corrected chi connectivity index (χ4v) is 3.07. The van der Waals surface area contributed by atoms with Crippen LogP contribution < -0.4 is 5.32 Å². The quantitative estimate of drug-likeness (QED) is 0.921. The Bertz CT molecular complexity index is 636. The van der Waals surface area contributed by atoms with E-state index in [1.54, 1.807) is 0 Å². The van der Waals surface area contributed by atoms with Crippen LogP contribution in [0.15, 0.2) is 18.2 Å². The van der Waals surface area contributed by atoms with E-state index in [4.69, 9.17) is 11.6 Å². The minimum absolute atomic E-state index is 0.0212. The van der Waals surface area contributed by atoms with Crippen LogP contribution in [-0.4, -0.2) is 38.0 Å². The Kier molecular flexibility index (Phi) is 4.31. The van der Waals surface area contributed by atoms with E-state index in [1.165, 1.54) is 16.4 Å². The third-order valence-electron chi connectivity index (χ3n) is 3.18. The molecular formula is C12H14ClFN2O3S. The zero-order chi connectivity index (χ0) is 14.9. The van der Waals surface area contributed by atoms with Crippen LogP contribution in [0.3, 0.4) is 0 Å². The van der Waals surface area contributed by atoms with E-state index >= 15 is 0 Å². The van der Waals surface area contributed by atoms with Crippen molar-refractivity contribution in [1.82, 2.24) is 4.31 Å². The molecule has 1 aliphatic heterocycles. The lowest BCUT2D eigenvalue weighted by atomic mass is 10.1. The van der Waals surface area contributed by atoms with Crippen LogP contribution in [0.4, 0.5) is 10.1 Å². The molecule has 1 atom stereocenters. The maximum atomic E-state index is 13.3. The van der Waals surface area contributed by atoms with Crippen LogP contribution in [0.2, 0.25) is 5.02 Å². The van der Waals surface area contributed by atoms with E-state index in [2.05, 4.69) is 5.32 Å². The summed E-state index contributed by atoms with van der Waals surface area (Å²) in [6.07, 6.45) is 1.57. The molecule has 20 heavy (non-hydrogen) atoms. The average molecular weight is 321 g/mol. The summed E-state index contributed by atoms with van der Waals surface area (Å²) in [6, 6.07) is 3.97. The van der Waals surface area contributed by atoms with Gasteiger partial charge in [0.2, 0.25) is 15.9 Å². The third-order valence-corrected chi connectivity index (χ3v) is 4.75. The van der Waals surface area contributed by atoms with Crippen molar-refractivity contribution in [2.75, 3.05) is 24.7 Å². The summed E-state index contributed by atoms with van der Waals surface area (Å²) in [7, 11) is -3.28.